The molecule has 4 aliphatic rings. The highest BCUT2D eigenvalue weighted by molar-refractivity contribution is 5.99. The maximum Gasteiger partial charge on any atom is 0.249 e. The number of amides is 2. The average molecular weight is 510 g/mol. The molecule has 5 rings (SSSR count). The van der Waals surface area contributed by atoms with Gasteiger partial charge in [-0.15, -0.1) is 0 Å². The van der Waals surface area contributed by atoms with Crippen LogP contribution in [0.25, 0.3) is 10.4 Å². The molecule has 4 fully saturated rings. The third-order valence-electron chi connectivity index (χ3n) is 8.06. The minimum absolute atomic E-state index is 0.104. The number of fused-ring (bicyclic) bond motifs is 1. The molecule has 0 radical (unpaired) electrons. The van der Waals surface area contributed by atoms with Gasteiger partial charge in [-0.2, -0.15) is 0 Å². The molecule has 3 heterocycles. The molecule has 4 atom stereocenters. The number of nitrogens with two attached hydrogens (primary N) is 1. The van der Waals surface area contributed by atoms with Gasteiger partial charge in [0.1, 0.15) is 12.6 Å². The number of ketones is 1. The lowest BCUT2D eigenvalue weighted by atomic mass is 9.85. The zero-order chi connectivity index (χ0) is 26.3. The second kappa shape index (κ2) is 10.3. The van der Waals surface area contributed by atoms with Crippen LogP contribution in [-0.2, 0) is 14.3 Å². The minimum atomic E-state index is -0.784. The smallest absolute Gasteiger partial charge is 0.249 e. The molecule has 11 heteroatoms. The Morgan fingerprint density at radius 1 is 1.22 bits per heavy atom. The van der Waals surface area contributed by atoms with Crippen LogP contribution in [-0.4, -0.2) is 91.0 Å². The van der Waals surface area contributed by atoms with Crippen LogP contribution < -0.4 is 10.6 Å². The van der Waals surface area contributed by atoms with Crippen molar-refractivity contribution in [2.45, 2.75) is 63.3 Å². The largest absolute Gasteiger partial charge is 0.369 e. The fraction of sp³-hybridized carbons (Fsp3) is 0.654. The summed E-state index contributed by atoms with van der Waals surface area (Å²) >= 11 is 0. The lowest BCUT2D eigenvalue weighted by Gasteiger charge is -2.37. The highest BCUT2D eigenvalue weighted by Gasteiger charge is 2.53. The third kappa shape index (κ3) is 5.03. The zero-order valence-electron chi connectivity index (χ0n) is 21.5. The standard InChI is InChI=1S/C26H35N7O4/c1-15(2)11-20(26(36)33-13-21(29-30-28)24-23(33)22(34)14-37-24)19-12-17(5-6-18(19)25(27)35)32-9-7-31(8-10-32)16-3-4-16/h5-6,12,15-16,20-21,23-24H,3-4,7-11,13-14H2,1-2H3,(H2,27,35)/t20-,21+,23+,24+/m0/s1. The van der Waals surface area contributed by atoms with Gasteiger partial charge in [0.15, 0.2) is 5.78 Å². The molecule has 37 heavy (non-hydrogen) atoms. The van der Waals surface area contributed by atoms with E-state index in [1.54, 1.807) is 6.07 Å². The number of carbonyl (C=O) groups is 3. The zero-order valence-corrected chi connectivity index (χ0v) is 21.5. The van der Waals surface area contributed by atoms with Crippen LogP contribution in [0, 0.1) is 5.92 Å². The quantitative estimate of drug-likeness (QED) is 0.323. The first-order chi connectivity index (χ1) is 17.8. The molecule has 2 amide bonds. The Labute approximate surface area is 216 Å². The Morgan fingerprint density at radius 2 is 1.95 bits per heavy atom. The molecule has 11 nitrogen and oxygen atoms in total. The number of piperazine rings is 1. The number of azide groups is 1. The summed E-state index contributed by atoms with van der Waals surface area (Å²) in [6.07, 6.45) is 2.40. The van der Waals surface area contributed by atoms with Gasteiger partial charge in [-0.1, -0.05) is 19.0 Å². The molecule has 2 N–H and O–H groups in total. The molecule has 0 bridgehead atoms. The van der Waals surface area contributed by atoms with Crippen LogP contribution in [0.2, 0.25) is 0 Å². The average Bonchev–Trinajstić information content (AvgIpc) is 3.57. The van der Waals surface area contributed by atoms with E-state index < -0.39 is 30.0 Å². The topological polar surface area (TPSA) is 145 Å². The Bertz CT molecular complexity index is 1120. The molecule has 1 aromatic carbocycles. The van der Waals surface area contributed by atoms with E-state index in [1.165, 1.54) is 17.7 Å². The minimum Gasteiger partial charge on any atom is -0.369 e. The van der Waals surface area contributed by atoms with Crippen molar-refractivity contribution in [2.24, 2.45) is 16.8 Å². The maximum atomic E-state index is 14.1. The number of likely N-dealkylation sites (tertiary alicyclic amines) is 1. The number of ether oxygens (including phenoxy) is 1. The van der Waals surface area contributed by atoms with Gasteiger partial charge < -0.3 is 20.3 Å². The molecule has 3 aliphatic heterocycles. The molecule has 1 saturated carbocycles. The summed E-state index contributed by atoms with van der Waals surface area (Å²) < 4.78 is 5.60. The number of hydrogen-bond acceptors (Lipinski definition) is 7. The lowest BCUT2D eigenvalue weighted by Crippen LogP contribution is -2.47. The molecule has 3 saturated heterocycles. The highest BCUT2D eigenvalue weighted by atomic mass is 16.5. The molecular weight excluding hydrogens is 474 g/mol. The first-order valence-corrected chi connectivity index (χ1v) is 13.2. The molecule has 1 aromatic rings. The van der Waals surface area contributed by atoms with Crippen molar-refractivity contribution in [1.29, 1.82) is 0 Å². The Morgan fingerprint density at radius 3 is 2.57 bits per heavy atom. The van der Waals surface area contributed by atoms with Gasteiger partial charge in [0.25, 0.3) is 0 Å². The van der Waals surface area contributed by atoms with E-state index in [1.807, 2.05) is 26.0 Å². The molecule has 198 valence electrons. The molecule has 0 unspecified atom stereocenters. The number of anilines is 1. The summed E-state index contributed by atoms with van der Waals surface area (Å²) in [4.78, 5) is 48.5. The first kappa shape index (κ1) is 25.5. The SMILES string of the molecule is CC(C)C[C@H](C(=O)N1C[C@@H](N=[N+]=[N-])[C@H]2OCC(=O)[C@H]21)c1cc(N2CCN(C3CC3)CC2)ccc1C(N)=O. The van der Waals surface area contributed by atoms with Crippen LogP contribution >= 0.6 is 0 Å². The summed E-state index contributed by atoms with van der Waals surface area (Å²) in [5.41, 5.74) is 16.6. The van der Waals surface area contributed by atoms with Crippen molar-refractivity contribution < 1.29 is 19.1 Å². The van der Waals surface area contributed by atoms with E-state index in [0.29, 0.717) is 17.5 Å². The fourth-order valence-corrected chi connectivity index (χ4v) is 6.10. The molecule has 0 aromatic heterocycles. The van der Waals surface area contributed by atoms with Crippen LogP contribution in [0.5, 0.6) is 0 Å². The number of nitrogens with zero attached hydrogens (tertiary/aromatic N) is 6. The third-order valence-corrected chi connectivity index (χ3v) is 8.06. The van der Waals surface area contributed by atoms with Crippen molar-refractivity contribution in [3.63, 3.8) is 0 Å². The summed E-state index contributed by atoms with van der Waals surface area (Å²) in [5.74, 6) is -1.59. The van der Waals surface area contributed by atoms with Crippen molar-refractivity contribution in [1.82, 2.24) is 9.80 Å². The van der Waals surface area contributed by atoms with Gasteiger partial charge >= 0.3 is 0 Å². The second-order valence-electron chi connectivity index (χ2n) is 11.0. The van der Waals surface area contributed by atoms with Crippen LogP contribution in [0.3, 0.4) is 0 Å². The van der Waals surface area contributed by atoms with E-state index in [0.717, 1.165) is 37.9 Å². The van der Waals surface area contributed by atoms with E-state index >= 15 is 0 Å². The van der Waals surface area contributed by atoms with Crippen molar-refractivity contribution >= 4 is 23.3 Å². The number of rotatable bonds is 8. The van der Waals surface area contributed by atoms with Gasteiger partial charge in [0.2, 0.25) is 11.8 Å². The van der Waals surface area contributed by atoms with Crippen LogP contribution in [0.15, 0.2) is 23.3 Å². The highest BCUT2D eigenvalue weighted by Crippen LogP contribution is 2.37. The number of primary amides is 1. The normalized spacial score (nSPS) is 26.8. The Balaban J connectivity index is 1.47. The number of benzene rings is 1. The van der Waals surface area contributed by atoms with E-state index in [9.17, 15) is 14.4 Å². The van der Waals surface area contributed by atoms with E-state index in [2.05, 4.69) is 19.8 Å². The molecular formula is C26H35N7O4. The molecule has 0 spiro atoms. The van der Waals surface area contributed by atoms with Gasteiger partial charge in [0, 0.05) is 54.9 Å². The van der Waals surface area contributed by atoms with Crippen molar-refractivity contribution in [3.8, 4) is 0 Å². The van der Waals surface area contributed by atoms with Crippen LogP contribution in [0.1, 0.15) is 54.9 Å². The predicted octanol–water partition coefficient (Wildman–Crippen LogP) is 2.06. The molecule has 1 aliphatic carbocycles. The van der Waals surface area contributed by atoms with E-state index in [-0.39, 0.29) is 30.8 Å². The summed E-state index contributed by atoms with van der Waals surface area (Å²) in [7, 11) is 0. The van der Waals surface area contributed by atoms with Gasteiger partial charge in [-0.3, -0.25) is 19.3 Å². The van der Waals surface area contributed by atoms with Crippen LogP contribution in [0.4, 0.5) is 5.69 Å². The number of Topliss-reactive ketones (excluding diaryl/α,β-unsaturated/α-hetero) is 1. The fourth-order valence-electron chi connectivity index (χ4n) is 6.10. The summed E-state index contributed by atoms with van der Waals surface area (Å²) in [6.45, 7) is 7.77. The Kier molecular flexibility index (Phi) is 7.11. The summed E-state index contributed by atoms with van der Waals surface area (Å²) in [5, 5.41) is 3.80. The predicted molar refractivity (Wildman–Crippen MR) is 137 cm³/mol. The number of carbonyl (C=O) groups excluding carboxylic acids is 3. The van der Waals surface area contributed by atoms with Crippen molar-refractivity contribution in [2.75, 3.05) is 44.2 Å². The maximum absolute atomic E-state index is 14.1. The summed E-state index contributed by atoms with van der Waals surface area (Å²) in [6, 6.07) is 4.88. The van der Waals surface area contributed by atoms with Gasteiger partial charge in [-0.25, -0.2) is 0 Å². The Hall–Kier alpha value is -3.14. The first-order valence-electron chi connectivity index (χ1n) is 13.2. The monoisotopic (exact) mass is 509 g/mol. The van der Waals surface area contributed by atoms with Gasteiger partial charge in [0.05, 0.1) is 18.1 Å². The lowest BCUT2D eigenvalue weighted by molar-refractivity contribution is -0.138. The van der Waals surface area contributed by atoms with Crippen molar-refractivity contribution in [3.05, 3.63) is 39.8 Å². The second-order valence-corrected chi connectivity index (χ2v) is 11.0. The van der Waals surface area contributed by atoms with Gasteiger partial charge in [-0.05, 0) is 54.5 Å². The number of hydrogen-bond donors (Lipinski definition) is 1. The van der Waals surface area contributed by atoms with E-state index in [4.69, 9.17) is 16.0 Å².